The monoisotopic (exact) mass is 340 g/mol. The van der Waals surface area contributed by atoms with Crippen LogP contribution in [0.5, 0.6) is 0 Å². The first-order valence-corrected chi connectivity index (χ1v) is 6.01. The van der Waals surface area contributed by atoms with Gasteiger partial charge in [-0.25, -0.2) is 0 Å². The predicted octanol–water partition coefficient (Wildman–Crippen LogP) is 3.05. The highest BCUT2D eigenvalue weighted by Gasteiger charge is 2.20. The predicted molar refractivity (Wildman–Crippen MR) is 60.0 cm³/mol. The average Bonchev–Trinajstić information content (AvgIpc) is 2.78. The molecule has 2 rings (SSSR count). The molecule has 0 amide bonds. The number of nitrogens with zero attached hydrogens (tertiary/aromatic N) is 2. The minimum atomic E-state index is 0.991. The van der Waals surface area contributed by atoms with E-state index in [1.165, 1.54) is 19.3 Å². The summed E-state index contributed by atoms with van der Waals surface area (Å²) >= 11 is 5.69. The molecule has 0 radical (unpaired) electrons. The summed E-state index contributed by atoms with van der Waals surface area (Å²) < 4.78 is 4.20. The van der Waals surface area contributed by atoms with Crippen LogP contribution in [-0.4, -0.2) is 9.78 Å². The molecule has 12 heavy (non-hydrogen) atoms. The molecule has 0 aliphatic heterocycles. The van der Waals surface area contributed by atoms with Gasteiger partial charge in [0.1, 0.15) is 3.70 Å². The summed E-state index contributed by atoms with van der Waals surface area (Å²) in [5, 5.41) is 4.37. The molecule has 1 heterocycles. The molecule has 1 fully saturated rings. The Bertz CT molecular complexity index is 261. The molecular formula is C8H10BrIN2. The van der Waals surface area contributed by atoms with Crippen molar-refractivity contribution in [3.05, 3.63) is 14.4 Å². The van der Waals surface area contributed by atoms with Crippen LogP contribution in [0, 0.1) is 9.62 Å². The van der Waals surface area contributed by atoms with Crippen molar-refractivity contribution in [2.75, 3.05) is 0 Å². The molecule has 0 N–H and O–H groups in total. The summed E-state index contributed by atoms with van der Waals surface area (Å²) in [6, 6.07) is 0. The Morgan fingerprint density at radius 3 is 2.92 bits per heavy atom. The van der Waals surface area contributed by atoms with Crippen molar-refractivity contribution in [1.29, 1.82) is 0 Å². The Morgan fingerprint density at radius 2 is 2.42 bits per heavy atom. The maximum absolute atomic E-state index is 4.37. The molecule has 0 spiro atoms. The molecule has 1 saturated carbocycles. The minimum Gasteiger partial charge on any atom is -0.271 e. The van der Waals surface area contributed by atoms with E-state index in [-0.39, 0.29) is 0 Å². The molecule has 0 aromatic carbocycles. The van der Waals surface area contributed by atoms with E-state index in [2.05, 4.69) is 49.8 Å². The van der Waals surface area contributed by atoms with Gasteiger partial charge in [-0.2, -0.15) is 5.10 Å². The van der Waals surface area contributed by atoms with Crippen molar-refractivity contribution < 1.29 is 0 Å². The van der Waals surface area contributed by atoms with Crippen LogP contribution < -0.4 is 0 Å². The Hall–Kier alpha value is 0.420. The zero-order valence-corrected chi connectivity index (χ0v) is 10.4. The molecule has 0 saturated heterocycles. The second-order valence-electron chi connectivity index (χ2n) is 3.26. The Balaban J connectivity index is 1.93. The summed E-state index contributed by atoms with van der Waals surface area (Å²) in [4.78, 5) is 0. The number of rotatable bonds is 3. The van der Waals surface area contributed by atoms with Gasteiger partial charge in [0.25, 0.3) is 0 Å². The fraction of sp³-hybridized carbons (Fsp3) is 0.625. The standard InChI is InChI=1S/C8H10BrIN2/c9-7-5-12(11-8(7)10)4-3-6-1-2-6/h5-6H,1-4H2. The van der Waals surface area contributed by atoms with Crippen LogP contribution in [0.15, 0.2) is 10.7 Å². The quantitative estimate of drug-likeness (QED) is 0.773. The van der Waals surface area contributed by atoms with Crippen LogP contribution in [0.4, 0.5) is 0 Å². The van der Waals surface area contributed by atoms with Crippen LogP contribution >= 0.6 is 38.5 Å². The fourth-order valence-electron chi connectivity index (χ4n) is 1.21. The number of aromatic nitrogens is 2. The highest BCUT2D eigenvalue weighted by atomic mass is 127. The molecule has 0 bridgehead atoms. The van der Waals surface area contributed by atoms with Gasteiger partial charge in [0.05, 0.1) is 4.47 Å². The zero-order chi connectivity index (χ0) is 8.55. The van der Waals surface area contributed by atoms with E-state index in [0.717, 1.165) is 20.6 Å². The Morgan fingerprint density at radius 1 is 1.67 bits per heavy atom. The van der Waals surface area contributed by atoms with E-state index in [1.54, 1.807) is 0 Å². The minimum absolute atomic E-state index is 0.991. The van der Waals surface area contributed by atoms with Gasteiger partial charge in [-0.1, -0.05) is 12.8 Å². The maximum Gasteiger partial charge on any atom is 0.137 e. The van der Waals surface area contributed by atoms with Gasteiger partial charge in [-0.05, 0) is 50.9 Å². The van der Waals surface area contributed by atoms with Crippen LogP contribution in [0.2, 0.25) is 0 Å². The molecule has 0 atom stereocenters. The van der Waals surface area contributed by atoms with Gasteiger partial charge in [0, 0.05) is 12.7 Å². The second-order valence-corrected chi connectivity index (χ2v) is 5.14. The van der Waals surface area contributed by atoms with Crippen molar-refractivity contribution in [1.82, 2.24) is 9.78 Å². The Labute approximate surface area is 94.0 Å². The van der Waals surface area contributed by atoms with Gasteiger partial charge in [0.2, 0.25) is 0 Å². The van der Waals surface area contributed by atoms with Crippen LogP contribution in [0.3, 0.4) is 0 Å². The van der Waals surface area contributed by atoms with E-state index < -0.39 is 0 Å². The molecular weight excluding hydrogens is 331 g/mol. The summed E-state index contributed by atoms with van der Waals surface area (Å²) in [5.41, 5.74) is 0. The highest BCUT2D eigenvalue weighted by Crippen LogP contribution is 2.32. The SMILES string of the molecule is Brc1cn(CCC2CC2)nc1I. The van der Waals surface area contributed by atoms with Gasteiger partial charge in [-0.15, -0.1) is 0 Å². The van der Waals surface area contributed by atoms with E-state index >= 15 is 0 Å². The van der Waals surface area contributed by atoms with Crippen molar-refractivity contribution in [2.45, 2.75) is 25.8 Å². The van der Waals surface area contributed by atoms with Gasteiger partial charge in [0.15, 0.2) is 0 Å². The molecule has 1 aromatic rings. The summed E-state index contributed by atoms with van der Waals surface area (Å²) in [7, 11) is 0. The third kappa shape index (κ3) is 2.22. The molecule has 1 aliphatic rings. The maximum atomic E-state index is 4.37. The zero-order valence-electron chi connectivity index (χ0n) is 6.63. The van der Waals surface area contributed by atoms with Crippen LogP contribution in [0.1, 0.15) is 19.3 Å². The fourth-order valence-corrected chi connectivity index (χ4v) is 1.94. The van der Waals surface area contributed by atoms with E-state index in [9.17, 15) is 0 Å². The summed E-state index contributed by atoms with van der Waals surface area (Å²) in [6.45, 7) is 1.08. The number of hydrogen-bond acceptors (Lipinski definition) is 1. The lowest BCUT2D eigenvalue weighted by molar-refractivity contribution is 0.544. The van der Waals surface area contributed by atoms with Crippen LogP contribution in [0.25, 0.3) is 0 Å². The van der Waals surface area contributed by atoms with Gasteiger partial charge >= 0.3 is 0 Å². The third-order valence-electron chi connectivity index (χ3n) is 2.14. The third-order valence-corrected chi connectivity index (χ3v) is 4.26. The molecule has 1 aliphatic carbocycles. The molecule has 66 valence electrons. The molecule has 2 nitrogen and oxygen atoms in total. The van der Waals surface area contributed by atoms with Crippen molar-refractivity contribution in [3.8, 4) is 0 Å². The second kappa shape index (κ2) is 3.65. The number of halogens is 2. The molecule has 0 unspecified atom stereocenters. The average molecular weight is 341 g/mol. The smallest absolute Gasteiger partial charge is 0.137 e. The number of hydrogen-bond donors (Lipinski definition) is 0. The van der Waals surface area contributed by atoms with Crippen LogP contribution in [-0.2, 0) is 6.54 Å². The lowest BCUT2D eigenvalue weighted by atomic mass is 10.3. The lowest BCUT2D eigenvalue weighted by Gasteiger charge is -1.97. The normalized spacial score (nSPS) is 16.8. The molecule has 1 aromatic heterocycles. The first-order chi connectivity index (χ1) is 5.75. The molecule has 4 heteroatoms. The summed E-state index contributed by atoms with van der Waals surface area (Å²) in [6.07, 6.45) is 6.22. The topological polar surface area (TPSA) is 17.8 Å². The number of aryl methyl sites for hydroxylation is 1. The largest absolute Gasteiger partial charge is 0.271 e. The van der Waals surface area contributed by atoms with Gasteiger partial charge in [-0.3, -0.25) is 4.68 Å². The first kappa shape index (κ1) is 8.99. The Kier molecular flexibility index (Phi) is 2.74. The van der Waals surface area contributed by atoms with E-state index in [0.29, 0.717) is 0 Å². The van der Waals surface area contributed by atoms with Crippen molar-refractivity contribution in [3.63, 3.8) is 0 Å². The lowest BCUT2D eigenvalue weighted by Crippen LogP contribution is -1.99. The van der Waals surface area contributed by atoms with Crippen molar-refractivity contribution >= 4 is 38.5 Å². The van der Waals surface area contributed by atoms with Crippen molar-refractivity contribution in [2.24, 2.45) is 5.92 Å². The van der Waals surface area contributed by atoms with E-state index in [4.69, 9.17) is 0 Å². The van der Waals surface area contributed by atoms with Gasteiger partial charge < -0.3 is 0 Å². The highest BCUT2D eigenvalue weighted by molar-refractivity contribution is 14.1. The summed E-state index contributed by atoms with van der Waals surface area (Å²) in [5.74, 6) is 0.991. The van der Waals surface area contributed by atoms with E-state index in [1.807, 2.05) is 4.68 Å². The first-order valence-electron chi connectivity index (χ1n) is 4.14.